The number of carbonyl (C=O) groups excluding carboxylic acids is 1. The first-order valence-corrected chi connectivity index (χ1v) is 7.51. The molecule has 0 saturated carbocycles. The summed E-state index contributed by atoms with van der Waals surface area (Å²) >= 11 is 0. The number of nitrogens with one attached hydrogen (secondary N) is 1. The maximum absolute atomic E-state index is 11.9. The normalized spacial score (nSPS) is 22.5. The third-order valence-electron chi connectivity index (χ3n) is 4.14. The van der Waals surface area contributed by atoms with Gasteiger partial charge in [-0.05, 0) is 43.5 Å². The third kappa shape index (κ3) is 3.19. The van der Waals surface area contributed by atoms with Gasteiger partial charge >= 0.3 is 0 Å². The summed E-state index contributed by atoms with van der Waals surface area (Å²) in [5.74, 6) is 0.110. The number of amides is 1. The Labute approximate surface area is 120 Å². The van der Waals surface area contributed by atoms with E-state index in [1.807, 2.05) is 6.07 Å². The highest BCUT2D eigenvalue weighted by Gasteiger charge is 2.21. The Kier molecular flexibility index (Phi) is 4.33. The molecule has 1 unspecified atom stereocenters. The van der Waals surface area contributed by atoms with Crippen LogP contribution in [-0.4, -0.2) is 43.6 Å². The molecule has 108 valence electrons. The average molecular weight is 274 g/mol. The van der Waals surface area contributed by atoms with Crippen LogP contribution in [0.25, 0.3) is 0 Å². The quantitative estimate of drug-likeness (QED) is 0.905. The minimum absolute atomic E-state index is 0.00229. The molecule has 0 aromatic heterocycles. The van der Waals surface area contributed by atoms with Gasteiger partial charge in [-0.2, -0.15) is 0 Å². The molecule has 0 bridgehead atoms. The fraction of sp³-hybridized carbons (Fsp3) is 0.562. The first-order chi connectivity index (χ1) is 9.83. The average Bonchev–Trinajstić information content (AvgIpc) is 2.98. The van der Waals surface area contributed by atoms with Gasteiger partial charge in [-0.25, -0.2) is 0 Å². The number of hydrogen-bond donors (Lipinski definition) is 1. The van der Waals surface area contributed by atoms with Crippen molar-refractivity contribution in [3.63, 3.8) is 0 Å². The van der Waals surface area contributed by atoms with Gasteiger partial charge in [0.05, 0.1) is 13.2 Å². The molecule has 1 amide bonds. The van der Waals surface area contributed by atoms with E-state index in [2.05, 4.69) is 28.4 Å². The summed E-state index contributed by atoms with van der Waals surface area (Å²) in [4.78, 5) is 14.2. The molecule has 0 aliphatic carbocycles. The largest absolute Gasteiger partial charge is 0.371 e. The summed E-state index contributed by atoms with van der Waals surface area (Å²) in [5.41, 5.74) is 2.57. The van der Waals surface area contributed by atoms with E-state index in [-0.39, 0.29) is 12.0 Å². The molecule has 2 aliphatic rings. The fourth-order valence-electron chi connectivity index (χ4n) is 3.05. The van der Waals surface area contributed by atoms with Crippen molar-refractivity contribution in [1.29, 1.82) is 0 Å². The molecule has 0 spiro atoms. The first-order valence-electron chi connectivity index (χ1n) is 7.51. The standard InChI is InChI=1S/C16H22N2O2/c19-16(12-18-8-3-4-9-18)17-11-15-14-6-2-1-5-13(14)7-10-20-15/h1-2,5-6,15H,3-4,7-12H2,(H,17,19). The Morgan fingerprint density at radius 1 is 1.30 bits per heavy atom. The lowest BCUT2D eigenvalue weighted by atomic mass is 9.97. The second-order valence-corrected chi connectivity index (χ2v) is 5.60. The lowest BCUT2D eigenvalue weighted by Gasteiger charge is -2.26. The van der Waals surface area contributed by atoms with Crippen LogP contribution in [0.15, 0.2) is 24.3 Å². The van der Waals surface area contributed by atoms with Crippen LogP contribution < -0.4 is 5.32 Å². The number of likely N-dealkylation sites (tertiary alicyclic amines) is 1. The van der Waals surface area contributed by atoms with Gasteiger partial charge in [-0.15, -0.1) is 0 Å². The molecule has 4 heteroatoms. The summed E-state index contributed by atoms with van der Waals surface area (Å²) in [5, 5.41) is 3.01. The monoisotopic (exact) mass is 274 g/mol. The van der Waals surface area contributed by atoms with Crippen LogP contribution in [0.4, 0.5) is 0 Å². The van der Waals surface area contributed by atoms with E-state index in [0.717, 1.165) is 26.1 Å². The molecule has 1 saturated heterocycles. The number of nitrogens with zero attached hydrogens (tertiary/aromatic N) is 1. The Morgan fingerprint density at radius 2 is 2.10 bits per heavy atom. The molecule has 4 nitrogen and oxygen atoms in total. The highest BCUT2D eigenvalue weighted by molar-refractivity contribution is 5.78. The molecule has 1 aromatic carbocycles. The second kappa shape index (κ2) is 6.37. The number of ether oxygens (including phenoxy) is 1. The van der Waals surface area contributed by atoms with Crippen LogP contribution in [0.5, 0.6) is 0 Å². The Bertz CT molecular complexity index is 469. The van der Waals surface area contributed by atoms with Gasteiger partial charge in [0, 0.05) is 6.54 Å². The Morgan fingerprint density at radius 3 is 2.95 bits per heavy atom. The topological polar surface area (TPSA) is 41.6 Å². The van der Waals surface area contributed by atoms with Gasteiger partial charge in [-0.3, -0.25) is 9.69 Å². The van der Waals surface area contributed by atoms with E-state index < -0.39 is 0 Å². The van der Waals surface area contributed by atoms with Crippen molar-refractivity contribution < 1.29 is 9.53 Å². The smallest absolute Gasteiger partial charge is 0.234 e. The maximum Gasteiger partial charge on any atom is 0.234 e. The van der Waals surface area contributed by atoms with Crippen LogP contribution >= 0.6 is 0 Å². The summed E-state index contributed by atoms with van der Waals surface area (Å²) in [6.07, 6.45) is 3.40. The van der Waals surface area contributed by atoms with Crippen LogP contribution in [0.3, 0.4) is 0 Å². The predicted octanol–water partition coefficient (Wildman–Crippen LogP) is 1.51. The van der Waals surface area contributed by atoms with Crippen LogP contribution in [0, 0.1) is 0 Å². The van der Waals surface area contributed by atoms with Gasteiger partial charge < -0.3 is 10.1 Å². The molecule has 3 rings (SSSR count). The molecule has 20 heavy (non-hydrogen) atoms. The number of fused-ring (bicyclic) bond motifs is 1. The van der Waals surface area contributed by atoms with Crippen LogP contribution in [0.2, 0.25) is 0 Å². The molecule has 2 aliphatic heterocycles. The summed E-state index contributed by atoms with van der Waals surface area (Å²) in [6, 6.07) is 8.35. The summed E-state index contributed by atoms with van der Waals surface area (Å²) in [7, 11) is 0. The fourth-order valence-corrected chi connectivity index (χ4v) is 3.05. The lowest BCUT2D eigenvalue weighted by Crippen LogP contribution is -2.38. The molecule has 0 radical (unpaired) electrons. The van der Waals surface area contributed by atoms with E-state index in [1.54, 1.807) is 0 Å². The van der Waals surface area contributed by atoms with Crippen LogP contribution in [-0.2, 0) is 16.0 Å². The maximum atomic E-state index is 11.9. The second-order valence-electron chi connectivity index (χ2n) is 5.60. The molecule has 1 aromatic rings. The predicted molar refractivity (Wildman–Crippen MR) is 77.5 cm³/mol. The summed E-state index contributed by atoms with van der Waals surface area (Å²) in [6.45, 7) is 3.94. The van der Waals surface area contributed by atoms with Gasteiger partial charge in [-0.1, -0.05) is 24.3 Å². The van der Waals surface area contributed by atoms with Gasteiger partial charge in [0.15, 0.2) is 0 Å². The van der Waals surface area contributed by atoms with Gasteiger partial charge in [0.1, 0.15) is 6.10 Å². The molecule has 2 heterocycles. The van der Waals surface area contributed by atoms with E-state index in [1.165, 1.54) is 24.0 Å². The van der Waals surface area contributed by atoms with Crippen molar-refractivity contribution in [3.05, 3.63) is 35.4 Å². The molecule has 1 N–H and O–H groups in total. The van der Waals surface area contributed by atoms with Crippen molar-refractivity contribution in [1.82, 2.24) is 10.2 Å². The van der Waals surface area contributed by atoms with E-state index in [0.29, 0.717) is 13.1 Å². The minimum atomic E-state index is 0.00229. The third-order valence-corrected chi connectivity index (χ3v) is 4.14. The van der Waals surface area contributed by atoms with Crippen molar-refractivity contribution in [2.45, 2.75) is 25.4 Å². The first kappa shape index (κ1) is 13.6. The highest BCUT2D eigenvalue weighted by atomic mass is 16.5. The highest BCUT2D eigenvalue weighted by Crippen LogP contribution is 2.26. The molecular weight excluding hydrogens is 252 g/mol. The van der Waals surface area contributed by atoms with Crippen molar-refractivity contribution >= 4 is 5.91 Å². The van der Waals surface area contributed by atoms with Crippen LogP contribution in [0.1, 0.15) is 30.1 Å². The number of benzene rings is 1. The van der Waals surface area contributed by atoms with Gasteiger partial charge in [0.2, 0.25) is 5.91 Å². The van der Waals surface area contributed by atoms with Crippen molar-refractivity contribution in [3.8, 4) is 0 Å². The van der Waals surface area contributed by atoms with Crippen molar-refractivity contribution in [2.24, 2.45) is 0 Å². The SMILES string of the molecule is O=C(CN1CCCC1)NCC1OCCc2ccccc21. The number of carbonyl (C=O) groups is 1. The van der Waals surface area contributed by atoms with E-state index >= 15 is 0 Å². The molecular formula is C16H22N2O2. The zero-order chi connectivity index (χ0) is 13.8. The molecule has 1 atom stereocenters. The van der Waals surface area contributed by atoms with E-state index in [4.69, 9.17) is 4.74 Å². The Balaban J connectivity index is 1.52. The lowest BCUT2D eigenvalue weighted by molar-refractivity contribution is -0.122. The number of rotatable bonds is 4. The summed E-state index contributed by atoms with van der Waals surface area (Å²) < 4.78 is 5.80. The van der Waals surface area contributed by atoms with Gasteiger partial charge in [0.25, 0.3) is 0 Å². The van der Waals surface area contributed by atoms with E-state index in [9.17, 15) is 4.79 Å². The van der Waals surface area contributed by atoms with Crippen molar-refractivity contribution in [2.75, 3.05) is 32.8 Å². The Hall–Kier alpha value is -1.39. The minimum Gasteiger partial charge on any atom is -0.371 e. The number of hydrogen-bond acceptors (Lipinski definition) is 3. The zero-order valence-corrected chi connectivity index (χ0v) is 11.8. The zero-order valence-electron chi connectivity index (χ0n) is 11.8. The molecule has 1 fully saturated rings.